The number of benzene rings is 1. The van der Waals surface area contributed by atoms with Gasteiger partial charge in [-0.25, -0.2) is 9.59 Å². The molecule has 3 amide bonds. The quantitative estimate of drug-likeness (QED) is 0.717. The van der Waals surface area contributed by atoms with Crippen molar-refractivity contribution in [2.24, 2.45) is 0 Å². The van der Waals surface area contributed by atoms with Crippen LogP contribution < -0.4 is 20.1 Å². The number of esters is 1. The molecule has 0 aliphatic rings. The number of hydrogen-bond donors (Lipinski definition) is 2. The largest absolute Gasteiger partial charge is 0.493 e. The van der Waals surface area contributed by atoms with E-state index in [0.717, 1.165) is 0 Å². The molecule has 26 heavy (non-hydrogen) atoms. The fourth-order valence-corrected chi connectivity index (χ4v) is 1.96. The van der Waals surface area contributed by atoms with Crippen LogP contribution in [0.3, 0.4) is 0 Å². The summed E-state index contributed by atoms with van der Waals surface area (Å²) in [4.78, 5) is 34.9. The minimum atomic E-state index is -0.678. The van der Waals surface area contributed by atoms with Crippen LogP contribution in [0.25, 0.3) is 0 Å². The van der Waals surface area contributed by atoms with Crippen molar-refractivity contribution >= 4 is 17.9 Å². The van der Waals surface area contributed by atoms with Gasteiger partial charge in [-0.1, -0.05) is 0 Å². The highest BCUT2D eigenvalue weighted by molar-refractivity contribution is 5.95. The number of furan rings is 1. The lowest BCUT2D eigenvalue weighted by molar-refractivity contribution is -0.122. The van der Waals surface area contributed by atoms with E-state index in [0.29, 0.717) is 5.76 Å². The van der Waals surface area contributed by atoms with E-state index in [9.17, 15) is 14.4 Å². The molecule has 1 aromatic carbocycles. The molecule has 0 saturated heterocycles. The maximum Gasteiger partial charge on any atom is 0.337 e. The van der Waals surface area contributed by atoms with Crippen LogP contribution in [0.1, 0.15) is 16.1 Å². The average molecular weight is 362 g/mol. The van der Waals surface area contributed by atoms with Crippen LogP contribution in [-0.4, -0.2) is 38.7 Å². The topological polar surface area (TPSA) is 116 Å². The Morgan fingerprint density at radius 2 is 1.92 bits per heavy atom. The fourth-order valence-electron chi connectivity index (χ4n) is 1.96. The molecule has 9 heteroatoms. The third-order valence-electron chi connectivity index (χ3n) is 3.20. The van der Waals surface area contributed by atoms with E-state index in [4.69, 9.17) is 13.9 Å². The maximum atomic E-state index is 11.8. The van der Waals surface area contributed by atoms with E-state index in [1.54, 1.807) is 12.1 Å². The minimum absolute atomic E-state index is 0.149. The molecule has 0 aliphatic carbocycles. The Morgan fingerprint density at radius 3 is 2.58 bits per heavy atom. The van der Waals surface area contributed by atoms with Crippen LogP contribution in [0.2, 0.25) is 0 Å². The van der Waals surface area contributed by atoms with Crippen molar-refractivity contribution in [3.05, 3.63) is 47.9 Å². The zero-order valence-corrected chi connectivity index (χ0v) is 14.2. The molecule has 0 aliphatic heterocycles. The molecule has 1 aromatic heterocycles. The molecule has 138 valence electrons. The molecule has 0 bridgehead atoms. The number of methoxy groups -OCH3 is 2. The van der Waals surface area contributed by atoms with E-state index in [1.807, 2.05) is 0 Å². The summed E-state index contributed by atoms with van der Waals surface area (Å²) in [5, 5.41) is 4.59. The molecular formula is C17H18N2O7. The van der Waals surface area contributed by atoms with Crippen LogP contribution in [-0.2, 0) is 16.1 Å². The molecule has 2 aromatic rings. The summed E-state index contributed by atoms with van der Waals surface area (Å²) in [5.74, 6) is -0.129. The number of carbonyl (C=O) groups is 3. The van der Waals surface area contributed by atoms with Crippen LogP contribution in [0.15, 0.2) is 41.0 Å². The van der Waals surface area contributed by atoms with Gasteiger partial charge in [0.15, 0.2) is 18.1 Å². The first-order valence-corrected chi connectivity index (χ1v) is 7.52. The van der Waals surface area contributed by atoms with Crippen LogP contribution in [0.5, 0.6) is 11.5 Å². The summed E-state index contributed by atoms with van der Waals surface area (Å²) in [6, 6.07) is 7.06. The lowest BCUT2D eigenvalue weighted by atomic mass is 10.2. The molecule has 0 atom stereocenters. The van der Waals surface area contributed by atoms with E-state index >= 15 is 0 Å². The third-order valence-corrected chi connectivity index (χ3v) is 3.20. The minimum Gasteiger partial charge on any atom is -0.493 e. The standard InChI is InChI=1S/C17H18N2O7/c1-23-14-8-11(16(21)24-2)5-6-13(14)26-10-15(20)19-17(22)18-9-12-4-3-7-25-12/h3-8H,9-10H2,1-2H3,(H2,18,19,20,22). The summed E-state index contributed by atoms with van der Waals surface area (Å²) >= 11 is 0. The van der Waals surface area contributed by atoms with Gasteiger partial charge in [0.2, 0.25) is 0 Å². The Kier molecular flexibility index (Phi) is 6.60. The molecule has 0 unspecified atom stereocenters. The SMILES string of the molecule is COC(=O)c1ccc(OCC(=O)NC(=O)NCc2ccco2)c(OC)c1. The van der Waals surface area contributed by atoms with Crippen molar-refractivity contribution in [3.8, 4) is 11.5 Å². The van der Waals surface area contributed by atoms with Crippen LogP contribution in [0.4, 0.5) is 4.79 Å². The van der Waals surface area contributed by atoms with Gasteiger partial charge in [0.1, 0.15) is 5.76 Å². The average Bonchev–Trinajstić information content (AvgIpc) is 3.17. The highest BCUT2D eigenvalue weighted by Gasteiger charge is 2.14. The molecule has 0 radical (unpaired) electrons. The second-order valence-corrected chi connectivity index (χ2v) is 4.96. The van der Waals surface area contributed by atoms with E-state index in [-0.39, 0.29) is 23.6 Å². The number of rotatable bonds is 7. The van der Waals surface area contributed by atoms with Gasteiger partial charge in [0, 0.05) is 0 Å². The molecule has 1 heterocycles. The number of amides is 3. The van der Waals surface area contributed by atoms with Gasteiger partial charge in [0.05, 0.1) is 32.6 Å². The Morgan fingerprint density at radius 1 is 1.12 bits per heavy atom. The first-order valence-electron chi connectivity index (χ1n) is 7.52. The number of nitrogens with one attached hydrogen (secondary N) is 2. The van der Waals surface area contributed by atoms with Gasteiger partial charge in [0.25, 0.3) is 5.91 Å². The van der Waals surface area contributed by atoms with Gasteiger partial charge in [-0.15, -0.1) is 0 Å². The summed E-state index contributed by atoms with van der Waals surface area (Å²) in [7, 11) is 2.66. The lowest BCUT2D eigenvalue weighted by Gasteiger charge is -2.11. The number of urea groups is 1. The predicted molar refractivity (Wildman–Crippen MR) is 88.9 cm³/mol. The second-order valence-electron chi connectivity index (χ2n) is 4.96. The Labute approximate surface area is 149 Å². The Bertz CT molecular complexity index is 771. The molecule has 2 rings (SSSR count). The van der Waals surface area contributed by atoms with Crippen molar-refractivity contribution < 1.29 is 33.0 Å². The van der Waals surface area contributed by atoms with Crippen LogP contribution in [0, 0.1) is 0 Å². The summed E-state index contributed by atoms with van der Waals surface area (Å²) in [5.41, 5.74) is 0.276. The molecule has 9 nitrogen and oxygen atoms in total. The number of hydrogen-bond acceptors (Lipinski definition) is 7. The summed E-state index contributed by atoms with van der Waals surface area (Å²) < 4.78 is 20.1. The monoisotopic (exact) mass is 362 g/mol. The van der Waals surface area contributed by atoms with Crippen molar-refractivity contribution in [2.75, 3.05) is 20.8 Å². The third kappa shape index (κ3) is 5.26. The normalized spacial score (nSPS) is 9.92. The second kappa shape index (κ2) is 9.11. The molecule has 2 N–H and O–H groups in total. The van der Waals surface area contributed by atoms with Gasteiger partial charge in [-0.3, -0.25) is 10.1 Å². The molecule has 0 fully saturated rings. The van der Waals surface area contributed by atoms with E-state index in [2.05, 4.69) is 15.4 Å². The number of carbonyl (C=O) groups excluding carboxylic acids is 3. The molecule has 0 saturated carbocycles. The van der Waals surface area contributed by atoms with Gasteiger partial charge in [-0.05, 0) is 30.3 Å². The zero-order valence-electron chi connectivity index (χ0n) is 14.2. The highest BCUT2D eigenvalue weighted by atomic mass is 16.5. The predicted octanol–water partition coefficient (Wildman–Crippen LogP) is 1.48. The molecule has 0 spiro atoms. The first kappa shape index (κ1) is 18.8. The van der Waals surface area contributed by atoms with Gasteiger partial charge >= 0.3 is 12.0 Å². The maximum absolute atomic E-state index is 11.8. The fraction of sp³-hybridized carbons (Fsp3) is 0.235. The number of imide groups is 1. The number of ether oxygens (including phenoxy) is 3. The Balaban J connectivity index is 1.84. The molecular weight excluding hydrogens is 344 g/mol. The van der Waals surface area contributed by atoms with E-state index < -0.39 is 24.5 Å². The Hall–Kier alpha value is -3.49. The van der Waals surface area contributed by atoms with Crippen molar-refractivity contribution in [3.63, 3.8) is 0 Å². The van der Waals surface area contributed by atoms with Crippen molar-refractivity contribution in [1.82, 2.24) is 10.6 Å². The summed E-state index contributed by atoms with van der Waals surface area (Å²) in [6.45, 7) is -0.266. The first-order chi connectivity index (χ1) is 12.5. The van der Waals surface area contributed by atoms with Crippen LogP contribution >= 0.6 is 0 Å². The lowest BCUT2D eigenvalue weighted by Crippen LogP contribution is -2.41. The summed E-state index contributed by atoms with van der Waals surface area (Å²) in [6.07, 6.45) is 1.48. The van der Waals surface area contributed by atoms with Gasteiger partial charge < -0.3 is 23.9 Å². The van der Waals surface area contributed by atoms with Crippen molar-refractivity contribution in [1.29, 1.82) is 0 Å². The van der Waals surface area contributed by atoms with Crippen molar-refractivity contribution in [2.45, 2.75) is 6.54 Å². The van der Waals surface area contributed by atoms with Gasteiger partial charge in [-0.2, -0.15) is 0 Å². The van der Waals surface area contributed by atoms with E-state index in [1.165, 1.54) is 38.7 Å². The smallest absolute Gasteiger partial charge is 0.337 e. The zero-order chi connectivity index (χ0) is 18.9. The highest BCUT2D eigenvalue weighted by Crippen LogP contribution is 2.28.